The Labute approximate surface area is 472 Å². The second-order valence-corrected chi connectivity index (χ2v) is 23.6. The number of carbonyl (C=O) groups is 1. The van der Waals surface area contributed by atoms with Gasteiger partial charge in [-0.3, -0.25) is 18.5 Å². The quantitative estimate of drug-likeness (QED) is 0.0278. The molecule has 26 heteroatoms. The molecule has 2 aliphatic heterocycles. The third-order valence-corrected chi connectivity index (χ3v) is 15.9. The Morgan fingerprint density at radius 2 is 1.02 bits per heavy atom. The van der Waals surface area contributed by atoms with Gasteiger partial charge in [-0.1, -0.05) is 24.6 Å². The number of carboxylic acid groups (broad SMARTS) is 1. The predicted molar refractivity (Wildman–Crippen MR) is 297 cm³/mol. The van der Waals surface area contributed by atoms with Crippen molar-refractivity contribution in [2.45, 2.75) is 79.4 Å². The van der Waals surface area contributed by atoms with E-state index in [9.17, 15) is 48.8 Å². The van der Waals surface area contributed by atoms with Crippen molar-refractivity contribution >= 4 is 53.4 Å². The zero-order valence-electron chi connectivity index (χ0n) is 46.5. The number of aliphatic carboxylic acids is 1. The predicted octanol–water partition coefficient (Wildman–Crippen LogP) is 5.44. The summed E-state index contributed by atoms with van der Waals surface area (Å²) in [4.78, 5) is 12.8. The number of hydrogen-bond acceptors (Lipinski definition) is 18. The highest BCUT2D eigenvalue weighted by Gasteiger charge is 2.48. The molecule has 4 N–H and O–H groups in total. The molecule has 0 spiro atoms. The van der Waals surface area contributed by atoms with E-state index in [1.165, 1.54) is 24.3 Å². The third kappa shape index (κ3) is 22.9. The summed E-state index contributed by atoms with van der Waals surface area (Å²) in [5.74, 6) is -1.43. The zero-order valence-corrected chi connectivity index (χ0v) is 48.9. The van der Waals surface area contributed by atoms with Crippen LogP contribution in [0.1, 0.15) is 69.9 Å². The topological polar surface area (TPSA) is 299 Å². The number of rotatable bonds is 45. The number of carboxylic acids is 1. The number of unbranched alkanes of at least 4 members (excludes halogenated alkanes) is 2. The highest BCUT2D eigenvalue weighted by atomic mass is 32.2. The molecule has 2 atom stereocenters. The van der Waals surface area contributed by atoms with E-state index < -0.39 is 52.9 Å². The summed E-state index contributed by atoms with van der Waals surface area (Å²) in [6, 6.07) is 8.67. The molecule has 2 unspecified atom stereocenters. The SMILES string of the molecule is COCCOCCOCCOCCOCCC1(C)C(=CC=CC=CC2=[N+](CCCS(=O)(=O)O)c3ccc(S(=O)(=O)O)cc3C2(C)CCOCCOCCOCCOCCOC)N(CCCCCC(=O)O)c2ccc(S(=O)(=O)O)cc21. The maximum atomic E-state index is 12.5. The van der Waals surface area contributed by atoms with Crippen LogP contribution in [0, 0.1) is 0 Å². The van der Waals surface area contributed by atoms with Gasteiger partial charge in [0.1, 0.15) is 6.54 Å². The van der Waals surface area contributed by atoms with Crippen molar-refractivity contribution in [1.82, 2.24) is 0 Å². The lowest BCUT2D eigenvalue weighted by Gasteiger charge is -2.30. The van der Waals surface area contributed by atoms with Gasteiger partial charge < -0.3 is 57.4 Å². The molecule has 2 aromatic rings. The van der Waals surface area contributed by atoms with Crippen molar-refractivity contribution in [2.24, 2.45) is 0 Å². The number of anilines is 1. The van der Waals surface area contributed by atoms with Crippen LogP contribution in [0.3, 0.4) is 0 Å². The normalized spacial score (nSPS) is 18.2. The molecule has 0 saturated heterocycles. The van der Waals surface area contributed by atoms with Crippen LogP contribution in [0.2, 0.25) is 0 Å². The van der Waals surface area contributed by atoms with Gasteiger partial charge in [-0.2, -0.15) is 29.8 Å². The standard InChI is InChI=1S/C54H82N2O21S3/c1-53(19-23-70-29-31-74-37-39-76-35-33-72-27-25-68-3)46-42-44(79(62,63)64)15-17-48(46)55(21-10-6-9-14-52(57)58)50(53)12-7-5-8-13-51-54(2,20-24-71-30-32-75-38-40-77-36-34-73-28-26-69-4)47-43-45(80(65,66)67)16-18-49(47)56(51)22-11-41-78(59,60)61/h5,7-8,12-13,15-18,42-43H,6,9-11,14,19-41H2,1-4H3,(H3-,57,58,59,60,61,62,63,64,65,66,67)/p+1. The first-order valence-electron chi connectivity index (χ1n) is 26.7. The van der Waals surface area contributed by atoms with Gasteiger partial charge in [0.05, 0.1) is 127 Å². The molecular weight excluding hydrogens is 1110 g/mol. The Kier molecular flexibility index (Phi) is 30.1. The van der Waals surface area contributed by atoms with E-state index in [1.54, 1.807) is 38.5 Å². The summed E-state index contributed by atoms with van der Waals surface area (Å²) in [7, 11) is -10.4. The van der Waals surface area contributed by atoms with Crippen LogP contribution in [-0.2, 0) is 93.3 Å². The molecule has 0 radical (unpaired) electrons. The van der Waals surface area contributed by atoms with Crippen LogP contribution >= 0.6 is 0 Å². The first kappa shape index (κ1) is 68.4. The summed E-state index contributed by atoms with van der Waals surface area (Å²) in [5.41, 5.74) is 2.02. The van der Waals surface area contributed by atoms with Gasteiger partial charge >= 0.3 is 5.97 Å². The molecular formula is C54H83N2O21S3+. The summed E-state index contributed by atoms with van der Waals surface area (Å²) in [5, 5.41) is 9.29. The summed E-state index contributed by atoms with van der Waals surface area (Å²) in [6.07, 6.45) is 11.4. The van der Waals surface area contributed by atoms with Crippen LogP contribution in [0.25, 0.3) is 0 Å². The van der Waals surface area contributed by atoms with Gasteiger partial charge in [-0.05, 0) is 81.5 Å². The largest absolute Gasteiger partial charge is 0.481 e. The fraction of sp³-hybridized carbons (Fsp3) is 0.630. The lowest BCUT2D eigenvalue weighted by molar-refractivity contribution is -0.437. The number of hydrogen-bond donors (Lipinski definition) is 4. The van der Waals surface area contributed by atoms with Gasteiger partial charge in [0.2, 0.25) is 5.69 Å². The molecule has 2 aromatic carbocycles. The summed E-state index contributed by atoms with van der Waals surface area (Å²) < 4.78 is 161. The van der Waals surface area contributed by atoms with Crippen molar-refractivity contribution in [3.8, 4) is 0 Å². The summed E-state index contributed by atoms with van der Waals surface area (Å²) in [6.45, 7) is 11.0. The van der Waals surface area contributed by atoms with Crippen LogP contribution in [-0.4, -0.2) is 212 Å². The fourth-order valence-corrected chi connectivity index (χ4v) is 10.7. The first-order valence-corrected chi connectivity index (χ1v) is 31.1. The van der Waals surface area contributed by atoms with E-state index >= 15 is 0 Å². The minimum Gasteiger partial charge on any atom is -0.481 e. The molecule has 0 bridgehead atoms. The van der Waals surface area contributed by atoms with Crippen LogP contribution < -0.4 is 4.90 Å². The molecule has 80 heavy (non-hydrogen) atoms. The average molecular weight is 1190 g/mol. The van der Waals surface area contributed by atoms with Crippen molar-refractivity contribution < 1.29 is 101 Å². The monoisotopic (exact) mass is 1190 g/mol. The number of fused-ring (bicyclic) bond motifs is 2. The number of ether oxygens (including phenoxy) is 10. The van der Waals surface area contributed by atoms with Crippen molar-refractivity contribution in [2.75, 3.05) is 157 Å². The number of benzene rings is 2. The highest BCUT2D eigenvalue weighted by Crippen LogP contribution is 2.51. The smallest absolute Gasteiger partial charge is 0.303 e. The molecule has 4 rings (SSSR count). The second-order valence-electron chi connectivity index (χ2n) is 19.2. The van der Waals surface area contributed by atoms with Gasteiger partial charge in [-0.25, -0.2) is 0 Å². The van der Waals surface area contributed by atoms with Gasteiger partial charge in [0.25, 0.3) is 30.4 Å². The average Bonchev–Trinajstić information content (AvgIpc) is 3.77. The Bertz CT molecular complexity index is 2700. The third-order valence-electron chi connectivity index (χ3n) is 13.4. The van der Waals surface area contributed by atoms with Crippen molar-refractivity contribution in [1.29, 1.82) is 0 Å². The Morgan fingerprint density at radius 1 is 0.562 bits per heavy atom. The van der Waals surface area contributed by atoms with Crippen molar-refractivity contribution in [3.05, 3.63) is 83.6 Å². The molecule has 0 amide bonds. The Morgan fingerprint density at radius 3 is 1.50 bits per heavy atom. The van der Waals surface area contributed by atoms with E-state index in [4.69, 9.17) is 47.4 Å². The molecule has 452 valence electrons. The van der Waals surface area contributed by atoms with Crippen LogP contribution in [0.4, 0.5) is 11.4 Å². The summed E-state index contributed by atoms with van der Waals surface area (Å²) >= 11 is 0. The minimum atomic E-state index is -4.64. The van der Waals surface area contributed by atoms with E-state index in [0.29, 0.717) is 153 Å². The van der Waals surface area contributed by atoms with Crippen LogP contribution in [0.5, 0.6) is 0 Å². The number of nitrogens with zero attached hydrogens (tertiary/aromatic N) is 2. The Balaban J connectivity index is 1.62. The number of methoxy groups -OCH3 is 2. The van der Waals surface area contributed by atoms with E-state index in [0.717, 1.165) is 5.70 Å². The molecule has 2 heterocycles. The molecule has 0 fully saturated rings. The second kappa shape index (κ2) is 35.2. The van der Waals surface area contributed by atoms with E-state index in [2.05, 4.69) is 4.90 Å². The maximum absolute atomic E-state index is 12.5. The highest BCUT2D eigenvalue weighted by molar-refractivity contribution is 7.86. The van der Waals surface area contributed by atoms with Crippen LogP contribution in [0.15, 0.2) is 82.3 Å². The molecule has 23 nitrogen and oxygen atoms in total. The molecule has 0 aliphatic carbocycles. The molecule has 0 saturated carbocycles. The minimum absolute atomic E-state index is 0.00880. The Hall–Kier alpha value is -4.07. The first-order chi connectivity index (χ1) is 38.2. The van der Waals surface area contributed by atoms with E-state index in [1.807, 2.05) is 36.7 Å². The van der Waals surface area contributed by atoms with Crippen molar-refractivity contribution in [3.63, 3.8) is 0 Å². The van der Waals surface area contributed by atoms with E-state index in [-0.39, 0.29) is 62.2 Å². The van der Waals surface area contributed by atoms with Gasteiger partial charge in [0, 0.05) is 81.3 Å². The molecule has 0 aromatic heterocycles. The lowest BCUT2D eigenvalue weighted by atomic mass is 9.76. The van der Waals surface area contributed by atoms with Gasteiger partial charge in [0.15, 0.2) is 5.71 Å². The fourth-order valence-electron chi connectivity index (χ4n) is 9.24. The van der Waals surface area contributed by atoms with Gasteiger partial charge in [-0.15, -0.1) is 0 Å². The lowest BCUT2D eigenvalue weighted by Crippen LogP contribution is -2.33. The molecule has 2 aliphatic rings. The maximum Gasteiger partial charge on any atom is 0.303 e. The zero-order chi connectivity index (χ0) is 58.5. The number of allylic oxidation sites excluding steroid dienone is 6.